The van der Waals surface area contributed by atoms with Crippen LogP contribution in [-0.2, 0) is 9.53 Å². The molecule has 0 aliphatic heterocycles. The summed E-state index contributed by atoms with van der Waals surface area (Å²) >= 11 is 0. The molecule has 0 heterocycles. The van der Waals surface area contributed by atoms with Crippen LogP contribution in [0.4, 0.5) is 4.79 Å². The number of hydrogen-bond acceptors (Lipinski definition) is 4. The summed E-state index contributed by atoms with van der Waals surface area (Å²) in [4.78, 5) is 25.5. The molecule has 1 fully saturated rings. The Morgan fingerprint density at radius 3 is 2.58 bits per heavy atom. The van der Waals surface area contributed by atoms with E-state index in [-0.39, 0.29) is 11.8 Å². The Morgan fingerprint density at radius 2 is 2.05 bits per heavy atom. The SMILES string of the molecule is CN(C)/C=C1\C(=O)CCCC1NC(=O)OC(C)(C)C. The zero-order chi connectivity index (χ0) is 14.6. The fourth-order valence-corrected chi connectivity index (χ4v) is 2.00. The van der Waals surface area contributed by atoms with Crippen molar-refractivity contribution in [2.75, 3.05) is 14.1 Å². The molecular formula is C14H24N2O3. The number of amides is 1. The topological polar surface area (TPSA) is 58.6 Å². The quantitative estimate of drug-likeness (QED) is 0.779. The molecule has 1 atom stereocenters. The van der Waals surface area contributed by atoms with E-state index in [1.165, 1.54) is 0 Å². The monoisotopic (exact) mass is 268 g/mol. The average Bonchev–Trinajstić information content (AvgIpc) is 2.19. The van der Waals surface area contributed by atoms with Crippen LogP contribution in [0.15, 0.2) is 11.8 Å². The van der Waals surface area contributed by atoms with Crippen LogP contribution in [0.5, 0.6) is 0 Å². The van der Waals surface area contributed by atoms with E-state index >= 15 is 0 Å². The Balaban J connectivity index is 2.74. The summed E-state index contributed by atoms with van der Waals surface area (Å²) in [6, 6.07) is -0.251. The Morgan fingerprint density at radius 1 is 1.42 bits per heavy atom. The van der Waals surface area contributed by atoms with Crippen molar-refractivity contribution in [3.8, 4) is 0 Å². The van der Waals surface area contributed by atoms with Crippen molar-refractivity contribution in [1.29, 1.82) is 0 Å². The number of hydrogen-bond donors (Lipinski definition) is 1. The molecule has 0 aromatic carbocycles. The molecule has 0 aromatic rings. The second-order valence-corrected chi connectivity index (χ2v) is 6.06. The van der Waals surface area contributed by atoms with Crippen molar-refractivity contribution in [3.63, 3.8) is 0 Å². The third-order valence-corrected chi connectivity index (χ3v) is 2.68. The van der Waals surface area contributed by atoms with E-state index in [0.717, 1.165) is 12.8 Å². The van der Waals surface area contributed by atoms with Crippen LogP contribution in [0.1, 0.15) is 40.0 Å². The maximum Gasteiger partial charge on any atom is 0.408 e. The normalized spacial score (nSPS) is 22.3. The van der Waals surface area contributed by atoms with Gasteiger partial charge in [0.1, 0.15) is 5.60 Å². The minimum atomic E-state index is -0.534. The van der Waals surface area contributed by atoms with Gasteiger partial charge in [-0.3, -0.25) is 4.79 Å². The van der Waals surface area contributed by atoms with Crippen molar-refractivity contribution >= 4 is 11.9 Å². The van der Waals surface area contributed by atoms with E-state index in [1.54, 1.807) is 6.20 Å². The number of nitrogens with one attached hydrogen (secondary N) is 1. The largest absolute Gasteiger partial charge is 0.444 e. The van der Waals surface area contributed by atoms with Crippen molar-refractivity contribution in [1.82, 2.24) is 10.2 Å². The van der Waals surface area contributed by atoms with Gasteiger partial charge < -0.3 is 15.0 Å². The van der Waals surface area contributed by atoms with E-state index in [2.05, 4.69) is 5.32 Å². The standard InChI is InChI=1S/C14H24N2O3/c1-14(2,3)19-13(18)15-11-7-6-8-12(17)10(11)9-16(4)5/h9,11H,6-8H2,1-5H3,(H,15,18)/b10-9-. The molecule has 1 aliphatic carbocycles. The fourth-order valence-electron chi connectivity index (χ4n) is 2.00. The van der Waals surface area contributed by atoms with Crippen LogP contribution in [0.2, 0.25) is 0 Å². The molecular weight excluding hydrogens is 244 g/mol. The second kappa shape index (κ2) is 6.08. The molecule has 0 spiro atoms. The lowest BCUT2D eigenvalue weighted by Crippen LogP contribution is -2.43. The molecule has 19 heavy (non-hydrogen) atoms. The van der Waals surface area contributed by atoms with Crippen LogP contribution in [0, 0.1) is 0 Å². The van der Waals surface area contributed by atoms with E-state index in [1.807, 2.05) is 39.8 Å². The van der Waals surface area contributed by atoms with Gasteiger partial charge in [0.2, 0.25) is 0 Å². The lowest BCUT2D eigenvalue weighted by atomic mass is 9.89. The summed E-state index contributed by atoms with van der Waals surface area (Å²) < 4.78 is 5.23. The number of rotatable bonds is 2. The summed E-state index contributed by atoms with van der Waals surface area (Å²) in [5.41, 5.74) is 0.121. The molecule has 1 aliphatic rings. The highest BCUT2D eigenvalue weighted by Gasteiger charge is 2.28. The summed E-state index contributed by atoms with van der Waals surface area (Å²) in [7, 11) is 3.72. The van der Waals surface area contributed by atoms with Gasteiger partial charge in [-0.25, -0.2) is 4.79 Å². The van der Waals surface area contributed by atoms with Gasteiger partial charge in [0.15, 0.2) is 5.78 Å². The van der Waals surface area contributed by atoms with Crippen LogP contribution in [0.3, 0.4) is 0 Å². The van der Waals surface area contributed by atoms with Gasteiger partial charge in [0.25, 0.3) is 0 Å². The van der Waals surface area contributed by atoms with Crippen molar-refractivity contribution < 1.29 is 14.3 Å². The predicted octanol–water partition coefficient (Wildman–Crippen LogP) is 2.08. The second-order valence-electron chi connectivity index (χ2n) is 6.06. The van der Waals surface area contributed by atoms with Crippen LogP contribution >= 0.6 is 0 Å². The molecule has 1 rings (SSSR count). The number of Topliss-reactive ketones (excluding diaryl/α,β-unsaturated/α-hetero) is 1. The zero-order valence-corrected chi connectivity index (χ0v) is 12.4. The molecule has 0 saturated heterocycles. The first-order valence-electron chi connectivity index (χ1n) is 6.60. The Kier molecular flexibility index (Phi) is 4.97. The maximum absolute atomic E-state index is 11.9. The summed E-state index contributed by atoms with van der Waals surface area (Å²) in [6.45, 7) is 5.44. The van der Waals surface area contributed by atoms with Crippen LogP contribution in [-0.4, -0.2) is 42.5 Å². The number of nitrogens with zero attached hydrogens (tertiary/aromatic N) is 1. The van der Waals surface area contributed by atoms with Gasteiger partial charge in [-0.2, -0.15) is 0 Å². The Labute approximate surface area is 115 Å². The fraction of sp³-hybridized carbons (Fsp3) is 0.714. The van der Waals surface area contributed by atoms with Gasteiger partial charge in [-0.1, -0.05) is 0 Å². The molecule has 108 valence electrons. The Hall–Kier alpha value is -1.52. The van der Waals surface area contributed by atoms with Gasteiger partial charge in [0.05, 0.1) is 6.04 Å². The molecule has 1 amide bonds. The van der Waals surface area contributed by atoms with E-state index < -0.39 is 11.7 Å². The number of ether oxygens (including phenoxy) is 1. The van der Waals surface area contributed by atoms with Gasteiger partial charge in [-0.05, 0) is 33.6 Å². The highest BCUT2D eigenvalue weighted by Crippen LogP contribution is 2.21. The number of alkyl carbamates (subject to hydrolysis) is 1. The van der Waals surface area contributed by atoms with E-state index in [9.17, 15) is 9.59 Å². The zero-order valence-electron chi connectivity index (χ0n) is 12.4. The molecule has 0 radical (unpaired) electrons. The predicted molar refractivity (Wildman–Crippen MR) is 73.8 cm³/mol. The maximum atomic E-state index is 11.9. The average molecular weight is 268 g/mol. The Bertz CT molecular complexity index is 381. The van der Waals surface area contributed by atoms with E-state index in [4.69, 9.17) is 4.74 Å². The van der Waals surface area contributed by atoms with Crippen molar-refractivity contribution in [2.45, 2.75) is 51.7 Å². The third kappa shape index (κ3) is 5.32. The molecule has 1 N–H and O–H groups in total. The van der Waals surface area contributed by atoms with Gasteiger partial charge in [0, 0.05) is 32.3 Å². The highest BCUT2D eigenvalue weighted by molar-refractivity contribution is 5.97. The van der Waals surface area contributed by atoms with Gasteiger partial charge in [-0.15, -0.1) is 0 Å². The smallest absolute Gasteiger partial charge is 0.408 e. The van der Waals surface area contributed by atoms with Crippen molar-refractivity contribution in [2.24, 2.45) is 0 Å². The number of ketones is 1. The molecule has 5 heteroatoms. The molecule has 0 aromatic heterocycles. The highest BCUT2D eigenvalue weighted by atomic mass is 16.6. The number of carbonyl (C=O) groups is 2. The minimum Gasteiger partial charge on any atom is -0.444 e. The lowest BCUT2D eigenvalue weighted by molar-refractivity contribution is -0.116. The van der Waals surface area contributed by atoms with Crippen molar-refractivity contribution in [3.05, 3.63) is 11.8 Å². The lowest BCUT2D eigenvalue weighted by Gasteiger charge is -2.28. The van der Waals surface area contributed by atoms with Crippen LogP contribution in [0.25, 0.3) is 0 Å². The minimum absolute atomic E-state index is 0.0982. The molecule has 1 unspecified atom stereocenters. The number of carbonyl (C=O) groups excluding carboxylic acids is 2. The molecule has 5 nitrogen and oxygen atoms in total. The first kappa shape index (κ1) is 15.5. The summed E-state index contributed by atoms with van der Waals surface area (Å²) in [5.74, 6) is 0.0982. The first-order chi connectivity index (χ1) is 8.69. The van der Waals surface area contributed by atoms with Crippen LogP contribution < -0.4 is 5.32 Å². The molecule has 1 saturated carbocycles. The van der Waals surface area contributed by atoms with Gasteiger partial charge >= 0.3 is 6.09 Å². The summed E-state index contributed by atoms with van der Waals surface area (Å²) in [6.07, 6.45) is 3.42. The molecule has 0 bridgehead atoms. The third-order valence-electron chi connectivity index (χ3n) is 2.68. The summed E-state index contributed by atoms with van der Waals surface area (Å²) in [5, 5.41) is 2.78. The van der Waals surface area contributed by atoms with E-state index in [0.29, 0.717) is 12.0 Å². The first-order valence-corrected chi connectivity index (χ1v) is 6.60.